The van der Waals surface area contributed by atoms with Crippen LogP contribution in [-0.4, -0.2) is 28.4 Å². The van der Waals surface area contributed by atoms with E-state index >= 15 is 0 Å². The highest BCUT2D eigenvalue weighted by Crippen LogP contribution is 2.29. The minimum absolute atomic E-state index is 0.104. The molecule has 0 bridgehead atoms. The van der Waals surface area contributed by atoms with Gasteiger partial charge < -0.3 is 10.6 Å². The third-order valence-electron chi connectivity index (χ3n) is 3.27. The van der Waals surface area contributed by atoms with Gasteiger partial charge in [0.15, 0.2) is 0 Å². The van der Waals surface area contributed by atoms with Crippen LogP contribution in [0.4, 0.5) is 0 Å². The largest absolute Gasteiger partial charge is 0.393 e. The van der Waals surface area contributed by atoms with Crippen LogP contribution in [0.2, 0.25) is 0 Å². The number of carbonyl (C=O) groups is 1. The van der Waals surface area contributed by atoms with Crippen molar-refractivity contribution < 1.29 is 4.79 Å². The van der Waals surface area contributed by atoms with E-state index in [1.807, 2.05) is 30.0 Å². The first kappa shape index (κ1) is 14.7. The second kappa shape index (κ2) is 6.17. The standard InChI is InChI=1S/C14H17IN2OS/c1-9-3-2-4-11(13(9)15)14(18)17(10-5-6-10)8-7-12(16)19/h2-4,10H,5-8H2,1H3,(H2,16,19). The van der Waals surface area contributed by atoms with Crippen molar-refractivity contribution in [2.24, 2.45) is 5.73 Å². The number of halogens is 1. The summed E-state index contributed by atoms with van der Waals surface area (Å²) in [4.78, 5) is 15.0. The second-order valence-corrected chi connectivity index (χ2v) is 6.49. The molecule has 1 amide bonds. The number of nitrogens with zero attached hydrogens (tertiary/aromatic N) is 1. The molecule has 1 aromatic carbocycles. The van der Waals surface area contributed by atoms with Crippen molar-refractivity contribution in [3.8, 4) is 0 Å². The zero-order chi connectivity index (χ0) is 14.0. The average molecular weight is 388 g/mol. The van der Waals surface area contributed by atoms with E-state index in [1.54, 1.807) is 0 Å². The van der Waals surface area contributed by atoms with E-state index in [0.717, 1.165) is 27.5 Å². The van der Waals surface area contributed by atoms with Crippen LogP contribution in [0.5, 0.6) is 0 Å². The Morgan fingerprint density at radius 2 is 2.21 bits per heavy atom. The first-order chi connectivity index (χ1) is 9.00. The van der Waals surface area contributed by atoms with Gasteiger partial charge in [0.05, 0.1) is 10.6 Å². The monoisotopic (exact) mass is 388 g/mol. The molecule has 0 aromatic heterocycles. The summed E-state index contributed by atoms with van der Waals surface area (Å²) in [6, 6.07) is 6.23. The smallest absolute Gasteiger partial charge is 0.255 e. The topological polar surface area (TPSA) is 46.3 Å². The van der Waals surface area contributed by atoms with Gasteiger partial charge in [0.1, 0.15) is 0 Å². The van der Waals surface area contributed by atoms with Crippen LogP contribution < -0.4 is 5.73 Å². The van der Waals surface area contributed by atoms with Crippen LogP contribution in [0.15, 0.2) is 18.2 Å². The van der Waals surface area contributed by atoms with Gasteiger partial charge in [-0.3, -0.25) is 4.79 Å². The van der Waals surface area contributed by atoms with Crippen molar-refractivity contribution in [2.75, 3.05) is 6.54 Å². The molecular formula is C14H17IN2OS. The van der Waals surface area contributed by atoms with Crippen LogP contribution in [0.1, 0.15) is 35.2 Å². The molecule has 102 valence electrons. The summed E-state index contributed by atoms with van der Waals surface area (Å²) < 4.78 is 1.03. The van der Waals surface area contributed by atoms with Crippen LogP contribution in [0, 0.1) is 10.5 Å². The third-order valence-corrected chi connectivity index (χ3v) is 4.91. The predicted octanol–water partition coefficient (Wildman–Crippen LogP) is 2.88. The van der Waals surface area contributed by atoms with Gasteiger partial charge in [0.25, 0.3) is 5.91 Å². The Hall–Kier alpha value is -0.690. The number of rotatable bonds is 5. The van der Waals surface area contributed by atoms with Gasteiger partial charge in [0, 0.05) is 22.6 Å². The lowest BCUT2D eigenvalue weighted by atomic mass is 10.1. The van der Waals surface area contributed by atoms with Crippen molar-refractivity contribution >= 4 is 45.7 Å². The van der Waals surface area contributed by atoms with E-state index in [2.05, 4.69) is 22.6 Å². The second-order valence-electron chi connectivity index (χ2n) is 4.88. The van der Waals surface area contributed by atoms with Gasteiger partial charge in [-0.05, 0) is 54.0 Å². The zero-order valence-electron chi connectivity index (χ0n) is 10.9. The third kappa shape index (κ3) is 3.66. The molecular weight excluding hydrogens is 371 g/mol. The number of aryl methyl sites for hydroxylation is 1. The number of carbonyl (C=O) groups excluding carboxylic acids is 1. The molecule has 1 saturated carbocycles. The molecule has 2 N–H and O–H groups in total. The van der Waals surface area contributed by atoms with Gasteiger partial charge in [-0.1, -0.05) is 24.4 Å². The lowest BCUT2D eigenvalue weighted by Crippen LogP contribution is -2.36. The lowest BCUT2D eigenvalue weighted by Gasteiger charge is -2.23. The van der Waals surface area contributed by atoms with E-state index in [1.165, 1.54) is 0 Å². The molecule has 0 unspecified atom stereocenters. The molecule has 1 aliphatic rings. The number of amides is 1. The molecule has 1 fully saturated rings. The molecule has 0 heterocycles. The fourth-order valence-corrected chi connectivity index (χ4v) is 2.72. The minimum Gasteiger partial charge on any atom is -0.393 e. The van der Waals surface area contributed by atoms with Gasteiger partial charge in [0.2, 0.25) is 0 Å². The van der Waals surface area contributed by atoms with Crippen molar-refractivity contribution in [1.82, 2.24) is 4.90 Å². The predicted molar refractivity (Wildman–Crippen MR) is 89.4 cm³/mol. The maximum absolute atomic E-state index is 12.6. The highest BCUT2D eigenvalue weighted by atomic mass is 127. The van der Waals surface area contributed by atoms with Crippen molar-refractivity contribution in [3.05, 3.63) is 32.9 Å². The summed E-state index contributed by atoms with van der Waals surface area (Å²) in [5.41, 5.74) is 7.47. The Morgan fingerprint density at radius 3 is 2.79 bits per heavy atom. The van der Waals surface area contributed by atoms with Crippen molar-refractivity contribution in [2.45, 2.75) is 32.2 Å². The number of hydrogen-bond donors (Lipinski definition) is 1. The van der Waals surface area contributed by atoms with Crippen LogP contribution in [-0.2, 0) is 0 Å². The molecule has 19 heavy (non-hydrogen) atoms. The van der Waals surface area contributed by atoms with Gasteiger partial charge >= 0.3 is 0 Å². The normalized spacial score (nSPS) is 14.2. The van der Waals surface area contributed by atoms with E-state index in [0.29, 0.717) is 24.0 Å². The van der Waals surface area contributed by atoms with E-state index in [4.69, 9.17) is 18.0 Å². The van der Waals surface area contributed by atoms with Gasteiger partial charge in [-0.25, -0.2) is 0 Å². The quantitative estimate of drug-likeness (QED) is 0.624. The summed E-state index contributed by atoms with van der Waals surface area (Å²) in [5.74, 6) is 0.104. The lowest BCUT2D eigenvalue weighted by molar-refractivity contribution is 0.0747. The summed E-state index contributed by atoms with van der Waals surface area (Å²) in [7, 11) is 0. The Kier molecular flexibility index (Phi) is 4.78. The summed E-state index contributed by atoms with van der Waals surface area (Å²) >= 11 is 7.15. The van der Waals surface area contributed by atoms with Crippen LogP contribution >= 0.6 is 34.8 Å². The van der Waals surface area contributed by atoms with Gasteiger partial charge in [-0.2, -0.15) is 0 Å². The van der Waals surface area contributed by atoms with Crippen LogP contribution in [0.25, 0.3) is 0 Å². The molecule has 5 heteroatoms. The number of thiocarbonyl (C=S) groups is 1. The van der Waals surface area contributed by atoms with E-state index < -0.39 is 0 Å². The summed E-state index contributed by atoms with van der Waals surface area (Å²) in [6.07, 6.45) is 2.77. The number of nitrogens with two attached hydrogens (primary N) is 1. The number of benzene rings is 1. The molecule has 3 nitrogen and oxygen atoms in total. The Morgan fingerprint density at radius 1 is 1.53 bits per heavy atom. The van der Waals surface area contributed by atoms with E-state index in [-0.39, 0.29) is 5.91 Å². The van der Waals surface area contributed by atoms with E-state index in [9.17, 15) is 4.79 Å². The Labute approximate surface area is 132 Å². The average Bonchev–Trinajstić information content (AvgIpc) is 3.17. The Balaban J connectivity index is 2.19. The molecule has 1 aliphatic carbocycles. The minimum atomic E-state index is 0.104. The van der Waals surface area contributed by atoms with Crippen molar-refractivity contribution in [1.29, 1.82) is 0 Å². The highest BCUT2D eigenvalue weighted by molar-refractivity contribution is 14.1. The maximum atomic E-state index is 12.6. The zero-order valence-corrected chi connectivity index (χ0v) is 13.8. The molecule has 0 saturated heterocycles. The SMILES string of the molecule is Cc1cccc(C(=O)N(CCC(N)=S)C2CC2)c1I. The van der Waals surface area contributed by atoms with Crippen molar-refractivity contribution in [3.63, 3.8) is 0 Å². The molecule has 0 radical (unpaired) electrons. The number of hydrogen-bond acceptors (Lipinski definition) is 2. The Bertz CT molecular complexity index is 514. The maximum Gasteiger partial charge on any atom is 0.255 e. The first-order valence-electron chi connectivity index (χ1n) is 6.35. The highest BCUT2D eigenvalue weighted by Gasteiger charge is 2.33. The van der Waals surface area contributed by atoms with Crippen LogP contribution in [0.3, 0.4) is 0 Å². The fourth-order valence-electron chi connectivity index (χ4n) is 2.03. The molecule has 2 rings (SSSR count). The molecule has 1 aromatic rings. The molecule has 0 spiro atoms. The first-order valence-corrected chi connectivity index (χ1v) is 7.84. The molecule has 0 atom stereocenters. The summed E-state index contributed by atoms with van der Waals surface area (Å²) in [6.45, 7) is 2.65. The molecule has 0 aliphatic heterocycles. The summed E-state index contributed by atoms with van der Waals surface area (Å²) in [5, 5.41) is 0. The van der Waals surface area contributed by atoms with Gasteiger partial charge in [-0.15, -0.1) is 0 Å². The fraction of sp³-hybridized carbons (Fsp3) is 0.429.